The summed E-state index contributed by atoms with van der Waals surface area (Å²) in [6.45, 7) is 3.28. The van der Waals surface area contributed by atoms with Gasteiger partial charge in [-0.15, -0.1) is 0 Å². The molecule has 0 fully saturated rings. The molecule has 0 bridgehead atoms. The van der Waals surface area contributed by atoms with Gasteiger partial charge in [0.1, 0.15) is 5.82 Å². The molecule has 1 aliphatic carbocycles. The summed E-state index contributed by atoms with van der Waals surface area (Å²) in [5.74, 6) is 1.84. The van der Waals surface area contributed by atoms with Crippen LogP contribution in [0.3, 0.4) is 0 Å². The highest BCUT2D eigenvalue weighted by atomic mass is 15.1. The Morgan fingerprint density at radius 2 is 1.57 bits per heavy atom. The Hall–Kier alpha value is -0.830. The van der Waals surface area contributed by atoms with Crippen LogP contribution in [-0.4, -0.2) is 15.6 Å². The lowest BCUT2D eigenvalue weighted by atomic mass is 9.97. The predicted octanol–water partition coefficient (Wildman–Crippen LogP) is 3.94. The van der Waals surface area contributed by atoms with Crippen molar-refractivity contribution in [2.24, 2.45) is 5.73 Å². The Bertz CT molecular complexity index is 463. The van der Waals surface area contributed by atoms with Crippen LogP contribution in [0.2, 0.25) is 0 Å². The molecule has 0 amide bonds. The third kappa shape index (κ3) is 3.50. The molecule has 0 saturated heterocycles. The lowest BCUT2D eigenvalue weighted by Gasteiger charge is -2.27. The molecule has 0 aromatic carbocycles. The monoisotopic (exact) mass is 289 g/mol. The highest BCUT2D eigenvalue weighted by Gasteiger charge is 2.27. The summed E-state index contributed by atoms with van der Waals surface area (Å²) in [6, 6.07) is 0.312. The first-order valence-corrected chi connectivity index (χ1v) is 9.09. The van der Waals surface area contributed by atoms with Crippen LogP contribution in [0.4, 0.5) is 0 Å². The lowest BCUT2D eigenvalue weighted by molar-refractivity contribution is 0.398. The molecule has 2 heterocycles. The number of aromatic nitrogens is 2. The van der Waals surface area contributed by atoms with Crippen LogP contribution >= 0.6 is 0 Å². The standard InChI is InChI=1S/C18H31N3/c1-14-12-15(19)13-21-17-11-9-7-5-3-2-4-6-8-10-16(17)20-18(14)21/h14-15H,2-13,19H2,1H3. The van der Waals surface area contributed by atoms with Crippen molar-refractivity contribution in [3.8, 4) is 0 Å². The van der Waals surface area contributed by atoms with Crippen LogP contribution < -0.4 is 5.73 Å². The van der Waals surface area contributed by atoms with E-state index in [1.54, 1.807) is 0 Å². The summed E-state index contributed by atoms with van der Waals surface area (Å²) in [6.07, 6.45) is 14.5. The molecule has 3 rings (SSSR count). The molecule has 1 aromatic heterocycles. The van der Waals surface area contributed by atoms with Gasteiger partial charge in [-0.1, -0.05) is 45.4 Å². The van der Waals surface area contributed by atoms with Gasteiger partial charge in [0.05, 0.1) is 5.69 Å². The van der Waals surface area contributed by atoms with Gasteiger partial charge < -0.3 is 10.3 Å². The van der Waals surface area contributed by atoms with E-state index in [0.29, 0.717) is 12.0 Å². The third-order valence-corrected chi connectivity index (χ3v) is 5.28. The first-order valence-electron chi connectivity index (χ1n) is 9.09. The summed E-state index contributed by atoms with van der Waals surface area (Å²) < 4.78 is 2.49. The minimum absolute atomic E-state index is 0.312. The molecule has 118 valence electrons. The average molecular weight is 289 g/mol. The van der Waals surface area contributed by atoms with Gasteiger partial charge in [-0.05, 0) is 32.1 Å². The van der Waals surface area contributed by atoms with Crippen molar-refractivity contribution < 1.29 is 0 Å². The van der Waals surface area contributed by atoms with E-state index in [9.17, 15) is 0 Å². The maximum Gasteiger partial charge on any atom is 0.112 e. The van der Waals surface area contributed by atoms with Crippen molar-refractivity contribution in [1.82, 2.24) is 9.55 Å². The van der Waals surface area contributed by atoms with Gasteiger partial charge in [0, 0.05) is 24.2 Å². The quantitative estimate of drug-likeness (QED) is 0.786. The second kappa shape index (κ2) is 6.95. The van der Waals surface area contributed by atoms with Crippen molar-refractivity contribution in [1.29, 1.82) is 0 Å². The molecule has 1 aromatic rings. The number of nitrogens with two attached hydrogens (primary N) is 1. The van der Waals surface area contributed by atoms with Gasteiger partial charge in [-0.25, -0.2) is 4.98 Å². The minimum atomic E-state index is 0.312. The third-order valence-electron chi connectivity index (χ3n) is 5.28. The molecule has 0 spiro atoms. The van der Waals surface area contributed by atoms with E-state index in [-0.39, 0.29) is 0 Å². The Kier molecular flexibility index (Phi) is 4.99. The number of aryl methyl sites for hydroxylation is 1. The molecule has 2 aliphatic rings. The van der Waals surface area contributed by atoms with Crippen molar-refractivity contribution in [3.63, 3.8) is 0 Å². The Labute approximate surface area is 129 Å². The van der Waals surface area contributed by atoms with Crippen molar-refractivity contribution in [2.45, 2.75) is 96.1 Å². The van der Waals surface area contributed by atoms with E-state index in [1.165, 1.54) is 81.4 Å². The van der Waals surface area contributed by atoms with E-state index in [4.69, 9.17) is 10.7 Å². The topological polar surface area (TPSA) is 43.8 Å². The number of hydrogen-bond donors (Lipinski definition) is 1. The fraction of sp³-hybridized carbons (Fsp3) is 0.833. The van der Waals surface area contributed by atoms with E-state index < -0.39 is 0 Å². The summed E-state index contributed by atoms with van der Waals surface area (Å²) >= 11 is 0. The zero-order chi connectivity index (χ0) is 14.7. The molecular weight excluding hydrogens is 258 g/mol. The molecule has 3 heteroatoms. The Morgan fingerprint density at radius 1 is 0.952 bits per heavy atom. The molecule has 0 radical (unpaired) electrons. The van der Waals surface area contributed by atoms with Gasteiger partial charge in [0.15, 0.2) is 0 Å². The average Bonchev–Trinajstić information content (AvgIpc) is 2.77. The smallest absolute Gasteiger partial charge is 0.112 e. The molecular formula is C18H31N3. The molecule has 2 N–H and O–H groups in total. The van der Waals surface area contributed by atoms with E-state index >= 15 is 0 Å². The highest BCUT2D eigenvalue weighted by Crippen LogP contribution is 2.30. The maximum absolute atomic E-state index is 6.26. The van der Waals surface area contributed by atoms with Crippen molar-refractivity contribution >= 4 is 0 Å². The lowest BCUT2D eigenvalue weighted by Crippen LogP contribution is -2.34. The largest absolute Gasteiger partial charge is 0.330 e. The van der Waals surface area contributed by atoms with E-state index in [0.717, 1.165) is 13.0 Å². The molecule has 2 atom stereocenters. The first-order chi connectivity index (χ1) is 10.3. The molecule has 21 heavy (non-hydrogen) atoms. The Morgan fingerprint density at radius 3 is 2.29 bits per heavy atom. The van der Waals surface area contributed by atoms with Gasteiger partial charge in [-0.2, -0.15) is 0 Å². The summed E-state index contributed by atoms with van der Waals surface area (Å²) in [5, 5.41) is 0. The molecule has 1 aliphatic heterocycles. The molecule has 2 unspecified atom stereocenters. The van der Waals surface area contributed by atoms with Crippen LogP contribution in [0.25, 0.3) is 0 Å². The van der Waals surface area contributed by atoms with Gasteiger partial charge in [-0.3, -0.25) is 0 Å². The zero-order valence-electron chi connectivity index (χ0n) is 13.6. The van der Waals surface area contributed by atoms with E-state index in [1.807, 2.05) is 0 Å². The number of nitrogens with zero attached hydrogens (tertiary/aromatic N) is 2. The normalized spacial score (nSPS) is 28.1. The number of imidazole rings is 1. The fourth-order valence-electron chi connectivity index (χ4n) is 4.13. The van der Waals surface area contributed by atoms with Crippen molar-refractivity contribution in [3.05, 3.63) is 17.2 Å². The summed E-state index contributed by atoms with van der Waals surface area (Å²) in [5.41, 5.74) is 9.17. The van der Waals surface area contributed by atoms with Crippen LogP contribution in [-0.2, 0) is 19.4 Å². The first kappa shape index (κ1) is 15.1. The van der Waals surface area contributed by atoms with Crippen LogP contribution in [0, 0.1) is 0 Å². The second-order valence-corrected chi connectivity index (χ2v) is 7.20. The van der Waals surface area contributed by atoms with Crippen molar-refractivity contribution in [2.75, 3.05) is 0 Å². The number of rotatable bonds is 0. The summed E-state index contributed by atoms with van der Waals surface area (Å²) in [4.78, 5) is 5.04. The number of fused-ring (bicyclic) bond motifs is 3. The second-order valence-electron chi connectivity index (χ2n) is 7.20. The predicted molar refractivity (Wildman–Crippen MR) is 87.6 cm³/mol. The highest BCUT2D eigenvalue weighted by molar-refractivity contribution is 5.22. The van der Waals surface area contributed by atoms with Gasteiger partial charge in [0.25, 0.3) is 0 Å². The SMILES string of the molecule is CC1CC(N)Cn2c1nc1c2CCCCCCCCCC1. The van der Waals surface area contributed by atoms with Gasteiger partial charge in [0.2, 0.25) is 0 Å². The van der Waals surface area contributed by atoms with Crippen LogP contribution in [0.15, 0.2) is 0 Å². The van der Waals surface area contributed by atoms with Gasteiger partial charge >= 0.3 is 0 Å². The Balaban J connectivity index is 1.84. The maximum atomic E-state index is 6.26. The molecule has 3 nitrogen and oxygen atoms in total. The number of hydrogen-bond acceptors (Lipinski definition) is 2. The minimum Gasteiger partial charge on any atom is -0.330 e. The van der Waals surface area contributed by atoms with Crippen LogP contribution in [0.5, 0.6) is 0 Å². The fourth-order valence-corrected chi connectivity index (χ4v) is 4.13. The zero-order valence-corrected chi connectivity index (χ0v) is 13.6. The van der Waals surface area contributed by atoms with E-state index in [2.05, 4.69) is 11.5 Å². The summed E-state index contributed by atoms with van der Waals surface area (Å²) in [7, 11) is 0. The van der Waals surface area contributed by atoms with Crippen LogP contribution in [0.1, 0.15) is 87.8 Å². The molecule has 0 saturated carbocycles.